The Hall–Kier alpha value is -3.62. The van der Waals surface area contributed by atoms with Crippen LogP contribution in [0.5, 0.6) is 17.2 Å². The summed E-state index contributed by atoms with van der Waals surface area (Å²) in [6.45, 7) is 7.08. The van der Waals surface area contributed by atoms with E-state index in [1.165, 1.54) is 25.3 Å². The molecule has 0 saturated heterocycles. The van der Waals surface area contributed by atoms with E-state index in [-0.39, 0.29) is 35.5 Å². The van der Waals surface area contributed by atoms with Gasteiger partial charge in [0.05, 0.1) is 35.4 Å². The van der Waals surface area contributed by atoms with Gasteiger partial charge in [-0.3, -0.25) is 14.9 Å². The van der Waals surface area contributed by atoms with Gasteiger partial charge >= 0.3 is 11.7 Å². The molecule has 2 rings (SSSR count). The first kappa shape index (κ1) is 23.7. The van der Waals surface area contributed by atoms with Gasteiger partial charge in [0.25, 0.3) is 0 Å². The molecule has 0 spiro atoms. The first-order valence-electron chi connectivity index (χ1n) is 9.63. The third kappa shape index (κ3) is 5.71. The molecule has 31 heavy (non-hydrogen) atoms. The van der Waals surface area contributed by atoms with Crippen LogP contribution in [0.1, 0.15) is 54.0 Å². The predicted octanol–water partition coefficient (Wildman–Crippen LogP) is 4.09. The highest BCUT2D eigenvalue weighted by molar-refractivity contribution is 6.01. The average Bonchev–Trinajstić information content (AvgIpc) is 2.67. The average molecular weight is 431 g/mol. The maximum Gasteiger partial charge on any atom is 0.338 e. The summed E-state index contributed by atoms with van der Waals surface area (Å²) in [7, 11) is 1.17. The van der Waals surface area contributed by atoms with E-state index in [1.807, 2.05) is 0 Å². The molecule has 2 aromatic carbocycles. The van der Waals surface area contributed by atoms with Crippen molar-refractivity contribution in [2.75, 3.05) is 7.11 Å². The van der Waals surface area contributed by atoms with Crippen LogP contribution >= 0.6 is 0 Å². The van der Waals surface area contributed by atoms with Crippen LogP contribution in [0.4, 0.5) is 5.69 Å². The Labute approximate surface area is 179 Å². The molecule has 9 nitrogen and oxygen atoms in total. The molecule has 0 fully saturated rings. The molecule has 166 valence electrons. The second kappa shape index (κ2) is 9.92. The Morgan fingerprint density at radius 2 is 1.77 bits per heavy atom. The van der Waals surface area contributed by atoms with Crippen molar-refractivity contribution in [2.45, 2.75) is 46.3 Å². The number of ether oxygens (including phenoxy) is 3. The summed E-state index contributed by atoms with van der Waals surface area (Å²) in [5.41, 5.74) is 0.187. The van der Waals surface area contributed by atoms with Crippen molar-refractivity contribution in [3.8, 4) is 17.2 Å². The van der Waals surface area contributed by atoms with Crippen LogP contribution in [0.25, 0.3) is 0 Å². The first-order chi connectivity index (χ1) is 14.5. The number of phenols is 1. The van der Waals surface area contributed by atoms with Crippen molar-refractivity contribution in [3.05, 3.63) is 57.1 Å². The lowest BCUT2D eigenvalue weighted by molar-refractivity contribution is -0.385. The Morgan fingerprint density at radius 3 is 2.32 bits per heavy atom. The van der Waals surface area contributed by atoms with E-state index in [9.17, 15) is 24.8 Å². The SMILES string of the molecule is COc1c([N+](=O)[O-])ccc(C(=O)Cc2ccc(C(=O)OC(C)C)cc2OC(C)C)c1O. The molecule has 0 amide bonds. The molecule has 0 unspecified atom stereocenters. The van der Waals surface area contributed by atoms with Crippen molar-refractivity contribution in [2.24, 2.45) is 0 Å². The van der Waals surface area contributed by atoms with Crippen LogP contribution in [-0.4, -0.2) is 41.1 Å². The minimum absolute atomic E-state index is 0.124. The number of nitro benzene ring substituents is 1. The van der Waals surface area contributed by atoms with Crippen LogP contribution in [0.2, 0.25) is 0 Å². The Kier molecular flexibility index (Phi) is 7.57. The number of esters is 1. The van der Waals surface area contributed by atoms with E-state index in [0.717, 1.165) is 6.07 Å². The second-order valence-electron chi connectivity index (χ2n) is 7.31. The molecule has 2 aromatic rings. The fourth-order valence-electron chi connectivity index (χ4n) is 2.87. The quantitative estimate of drug-likeness (QED) is 0.272. The number of carbonyl (C=O) groups excluding carboxylic acids is 2. The molecule has 0 aliphatic carbocycles. The van der Waals surface area contributed by atoms with E-state index < -0.39 is 28.1 Å². The van der Waals surface area contributed by atoms with Gasteiger partial charge in [-0.2, -0.15) is 0 Å². The number of phenolic OH excluding ortho intramolecular Hbond substituents is 1. The Bertz CT molecular complexity index is 997. The molecule has 0 saturated carbocycles. The highest BCUT2D eigenvalue weighted by atomic mass is 16.6. The van der Waals surface area contributed by atoms with Crippen LogP contribution in [-0.2, 0) is 11.2 Å². The number of aromatic hydroxyl groups is 1. The van der Waals surface area contributed by atoms with E-state index in [0.29, 0.717) is 11.3 Å². The largest absolute Gasteiger partial charge is 0.504 e. The van der Waals surface area contributed by atoms with Gasteiger partial charge in [-0.25, -0.2) is 4.79 Å². The van der Waals surface area contributed by atoms with Crippen molar-refractivity contribution >= 4 is 17.4 Å². The number of hydrogen-bond donors (Lipinski definition) is 1. The molecule has 0 heterocycles. The topological polar surface area (TPSA) is 125 Å². The van der Waals surface area contributed by atoms with E-state index in [1.54, 1.807) is 33.8 Å². The summed E-state index contributed by atoms with van der Waals surface area (Å²) < 4.78 is 15.9. The van der Waals surface area contributed by atoms with Gasteiger partial charge in [0.2, 0.25) is 5.75 Å². The van der Waals surface area contributed by atoms with E-state index in [2.05, 4.69) is 0 Å². The zero-order valence-corrected chi connectivity index (χ0v) is 18.0. The molecular weight excluding hydrogens is 406 g/mol. The number of hydrogen-bond acceptors (Lipinski definition) is 8. The van der Waals surface area contributed by atoms with Crippen molar-refractivity contribution in [1.82, 2.24) is 0 Å². The van der Waals surface area contributed by atoms with E-state index in [4.69, 9.17) is 14.2 Å². The van der Waals surface area contributed by atoms with Gasteiger partial charge in [-0.05, 0) is 45.9 Å². The van der Waals surface area contributed by atoms with Gasteiger partial charge in [-0.1, -0.05) is 6.07 Å². The first-order valence-corrected chi connectivity index (χ1v) is 9.63. The maximum atomic E-state index is 12.9. The fourth-order valence-corrected chi connectivity index (χ4v) is 2.87. The standard InChI is InChI=1S/C22H25NO8/c1-12(2)30-19-11-15(22(26)31-13(3)4)7-6-14(19)10-18(24)16-8-9-17(23(27)28)21(29-5)20(16)25/h6-9,11-13,25H,10H2,1-5H3. The summed E-state index contributed by atoms with van der Waals surface area (Å²) in [5.74, 6) is -1.68. The minimum atomic E-state index is -0.712. The lowest BCUT2D eigenvalue weighted by atomic mass is 9.99. The summed E-state index contributed by atoms with van der Waals surface area (Å²) in [6, 6.07) is 6.88. The lowest BCUT2D eigenvalue weighted by Gasteiger charge is -2.16. The van der Waals surface area contributed by atoms with Gasteiger partial charge in [0, 0.05) is 18.1 Å². The molecule has 0 aromatic heterocycles. The molecule has 9 heteroatoms. The van der Waals surface area contributed by atoms with Gasteiger partial charge in [0.15, 0.2) is 11.5 Å². The molecular formula is C22H25NO8. The third-order valence-electron chi connectivity index (χ3n) is 4.17. The third-order valence-corrected chi connectivity index (χ3v) is 4.17. The maximum absolute atomic E-state index is 12.9. The second-order valence-corrected chi connectivity index (χ2v) is 7.31. The summed E-state index contributed by atoms with van der Waals surface area (Å²) in [4.78, 5) is 35.4. The highest BCUT2D eigenvalue weighted by Gasteiger charge is 2.25. The number of benzene rings is 2. The Morgan fingerprint density at radius 1 is 1.10 bits per heavy atom. The smallest absolute Gasteiger partial charge is 0.338 e. The van der Waals surface area contributed by atoms with Gasteiger partial charge in [0.1, 0.15) is 5.75 Å². The molecule has 0 bridgehead atoms. The predicted molar refractivity (Wildman–Crippen MR) is 112 cm³/mol. The van der Waals surface area contributed by atoms with Gasteiger partial charge < -0.3 is 19.3 Å². The number of rotatable bonds is 9. The van der Waals surface area contributed by atoms with Crippen molar-refractivity contribution in [1.29, 1.82) is 0 Å². The molecule has 0 atom stereocenters. The molecule has 0 radical (unpaired) electrons. The number of carbonyl (C=O) groups is 2. The van der Waals surface area contributed by atoms with Gasteiger partial charge in [-0.15, -0.1) is 0 Å². The summed E-state index contributed by atoms with van der Waals surface area (Å²) in [5, 5.41) is 21.4. The zero-order valence-electron chi connectivity index (χ0n) is 18.0. The highest BCUT2D eigenvalue weighted by Crippen LogP contribution is 2.39. The lowest BCUT2D eigenvalue weighted by Crippen LogP contribution is -2.14. The number of nitrogens with zero attached hydrogens (tertiary/aromatic N) is 1. The fraction of sp³-hybridized carbons (Fsp3) is 0.364. The summed E-state index contributed by atoms with van der Waals surface area (Å²) in [6.07, 6.45) is -0.683. The number of Topliss-reactive ketones (excluding diaryl/α,β-unsaturated/α-hetero) is 1. The number of methoxy groups -OCH3 is 1. The number of nitro groups is 1. The monoisotopic (exact) mass is 431 g/mol. The normalized spacial score (nSPS) is 10.8. The van der Waals surface area contributed by atoms with Crippen molar-refractivity contribution < 1.29 is 33.8 Å². The number of ketones is 1. The Balaban J connectivity index is 2.40. The molecule has 0 aliphatic rings. The molecule has 0 aliphatic heterocycles. The van der Waals surface area contributed by atoms with Crippen LogP contribution in [0, 0.1) is 10.1 Å². The molecule has 1 N–H and O–H groups in total. The van der Waals surface area contributed by atoms with Crippen LogP contribution in [0.3, 0.4) is 0 Å². The van der Waals surface area contributed by atoms with Crippen LogP contribution in [0.15, 0.2) is 30.3 Å². The van der Waals surface area contributed by atoms with E-state index >= 15 is 0 Å². The van der Waals surface area contributed by atoms with Crippen LogP contribution < -0.4 is 9.47 Å². The minimum Gasteiger partial charge on any atom is -0.504 e. The summed E-state index contributed by atoms with van der Waals surface area (Å²) >= 11 is 0. The zero-order chi connectivity index (χ0) is 23.3. The van der Waals surface area contributed by atoms with Crippen molar-refractivity contribution in [3.63, 3.8) is 0 Å².